The third-order valence-electron chi connectivity index (χ3n) is 4.61. The monoisotopic (exact) mass is 426 g/mol. The van der Waals surface area contributed by atoms with E-state index >= 15 is 0 Å². The molecule has 0 fully saturated rings. The highest BCUT2D eigenvalue weighted by Crippen LogP contribution is 2.29. The number of hydrogen-bond donors (Lipinski definition) is 0. The van der Waals surface area contributed by atoms with E-state index in [0.29, 0.717) is 27.5 Å². The van der Waals surface area contributed by atoms with E-state index in [1.54, 1.807) is 17.8 Å². The lowest BCUT2D eigenvalue weighted by atomic mass is 10.1. The Balaban J connectivity index is 1.74. The van der Waals surface area contributed by atoms with Crippen LogP contribution in [0.2, 0.25) is 5.02 Å². The number of rotatable bonds is 6. The van der Waals surface area contributed by atoms with Crippen LogP contribution in [-0.4, -0.2) is 49.2 Å². The smallest absolute Gasteiger partial charge is 0.341 e. The number of esters is 1. The van der Waals surface area contributed by atoms with E-state index in [1.165, 1.54) is 24.2 Å². The van der Waals surface area contributed by atoms with E-state index < -0.39 is 5.97 Å². The van der Waals surface area contributed by atoms with Crippen LogP contribution in [0, 0.1) is 0 Å². The highest BCUT2D eigenvalue weighted by atomic mass is 35.5. The summed E-state index contributed by atoms with van der Waals surface area (Å²) >= 11 is 6.00. The molecular weight excluding hydrogens is 408 g/mol. The Bertz CT molecular complexity index is 1200. The van der Waals surface area contributed by atoms with Crippen LogP contribution in [0.4, 0.5) is 0 Å². The summed E-state index contributed by atoms with van der Waals surface area (Å²) in [6, 6.07) is 7.47. The van der Waals surface area contributed by atoms with E-state index in [2.05, 4.69) is 20.2 Å². The minimum atomic E-state index is -0.457. The second-order valence-corrected chi connectivity index (χ2v) is 6.91. The maximum atomic E-state index is 11.9. The van der Waals surface area contributed by atoms with E-state index in [4.69, 9.17) is 21.1 Å². The van der Waals surface area contributed by atoms with Crippen LogP contribution in [0.25, 0.3) is 17.0 Å². The number of ether oxygens (including phenoxy) is 2. The summed E-state index contributed by atoms with van der Waals surface area (Å²) in [6.45, 7) is 4.04. The first-order valence-corrected chi connectivity index (χ1v) is 9.66. The summed E-state index contributed by atoms with van der Waals surface area (Å²) in [5, 5.41) is 9.33. The molecule has 9 nitrogen and oxygen atoms in total. The van der Waals surface area contributed by atoms with Crippen molar-refractivity contribution in [2.75, 3.05) is 13.7 Å². The van der Waals surface area contributed by atoms with Gasteiger partial charge in [0.15, 0.2) is 0 Å². The van der Waals surface area contributed by atoms with Crippen molar-refractivity contribution < 1.29 is 14.3 Å². The van der Waals surface area contributed by atoms with Gasteiger partial charge in [0.05, 0.1) is 37.7 Å². The van der Waals surface area contributed by atoms with Gasteiger partial charge in [-0.3, -0.25) is 4.68 Å². The normalized spacial score (nSPS) is 12.1. The fraction of sp³-hybridized carbons (Fsp3) is 0.250. The number of nitrogens with zero attached hydrogens (tertiary/aromatic N) is 6. The molecule has 3 heterocycles. The molecule has 0 saturated carbocycles. The van der Waals surface area contributed by atoms with Crippen molar-refractivity contribution in [3.05, 3.63) is 59.0 Å². The highest BCUT2D eigenvalue weighted by Gasteiger charge is 2.20. The molecule has 1 aromatic carbocycles. The van der Waals surface area contributed by atoms with E-state index in [1.807, 2.05) is 31.2 Å². The van der Waals surface area contributed by atoms with Gasteiger partial charge in [-0.2, -0.15) is 15.2 Å². The molecule has 4 aromatic rings. The van der Waals surface area contributed by atoms with Crippen LogP contribution in [0.1, 0.15) is 35.8 Å². The maximum absolute atomic E-state index is 11.9. The van der Waals surface area contributed by atoms with E-state index in [9.17, 15) is 4.79 Å². The lowest BCUT2D eigenvalue weighted by Crippen LogP contribution is -2.10. The Kier molecular flexibility index (Phi) is 5.37. The molecule has 154 valence electrons. The third-order valence-corrected chi connectivity index (χ3v) is 4.86. The zero-order valence-corrected chi connectivity index (χ0v) is 17.4. The summed E-state index contributed by atoms with van der Waals surface area (Å²) in [6.07, 6.45) is 4.56. The van der Waals surface area contributed by atoms with Gasteiger partial charge in [0.2, 0.25) is 5.88 Å². The molecule has 0 aliphatic carbocycles. The van der Waals surface area contributed by atoms with Crippen molar-refractivity contribution in [3.8, 4) is 11.8 Å². The zero-order valence-electron chi connectivity index (χ0n) is 16.6. The summed E-state index contributed by atoms with van der Waals surface area (Å²) in [5.41, 5.74) is 2.58. The average Bonchev–Trinajstić information content (AvgIpc) is 3.41. The molecule has 0 radical (unpaired) electrons. The quantitative estimate of drug-likeness (QED) is 0.435. The predicted octanol–water partition coefficient (Wildman–Crippen LogP) is 3.46. The van der Waals surface area contributed by atoms with Crippen LogP contribution in [0.3, 0.4) is 0 Å². The van der Waals surface area contributed by atoms with Gasteiger partial charge in [0.1, 0.15) is 11.0 Å². The minimum absolute atomic E-state index is 0.0942. The maximum Gasteiger partial charge on any atom is 0.341 e. The van der Waals surface area contributed by atoms with Gasteiger partial charge >= 0.3 is 5.97 Å². The first kappa shape index (κ1) is 19.8. The molecule has 1 atom stereocenters. The lowest BCUT2D eigenvalue weighted by molar-refractivity contribution is 0.0526. The molecule has 0 spiro atoms. The molecule has 0 amide bonds. The fourth-order valence-electron chi connectivity index (χ4n) is 3.09. The number of methoxy groups -OCH3 is 1. The second-order valence-electron chi connectivity index (χ2n) is 6.48. The Morgan fingerprint density at radius 1 is 1.17 bits per heavy atom. The zero-order chi connectivity index (χ0) is 21.3. The summed E-state index contributed by atoms with van der Waals surface area (Å²) < 4.78 is 13.7. The lowest BCUT2D eigenvalue weighted by Gasteiger charge is -2.15. The van der Waals surface area contributed by atoms with E-state index in [0.717, 1.165) is 5.56 Å². The number of carbonyl (C=O) groups is 1. The Hall–Kier alpha value is -3.46. The molecule has 0 aliphatic rings. The minimum Gasteiger partial charge on any atom is -0.479 e. The molecule has 0 saturated heterocycles. The number of hydrogen-bond acceptors (Lipinski definition) is 7. The molecule has 3 aromatic heterocycles. The van der Waals surface area contributed by atoms with Crippen molar-refractivity contribution >= 4 is 28.6 Å². The second kappa shape index (κ2) is 8.11. The molecule has 0 aliphatic heterocycles. The fourth-order valence-corrected chi connectivity index (χ4v) is 3.22. The molecule has 0 unspecified atom stereocenters. The standard InChI is InChI=1S/C20H19ClN6O3/c1-4-30-19(28)14-9-22-26(11-14)20-24-16-10-23-27(17(16)18(25-20)29-3)12(2)13-5-7-15(21)8-6-13/h5-12H,4H2,1-3H3/t12-/m0/s1. The van der Waals surface area contributed by atoms with Crippen LogP contribution < -0.4 is 4.74 Å². The van der Waals surface area contributed by atoms with Crippen LogP contribution in [0.15, 0.2) is 42.9 Å². The Labute approximate surface area is 177 Å². The topological polar surface area (TPSA) is 97.0 Å². The van der Waals surface area contributed by atoms with Gasteiger partial charge < -0.3 is 9.47 Å². The molecule has 10 heteroatoms. The summed E-state index contributed by atoms with van der Waals surface area (Å²) in [7, 11) is 1.53. The number of carbonyl (C=O) groups excluding carboxylic acids is 1. The van der Waals surface area contributed by atoms with Crippen molar-refractivity contribution in [2.24, 2.45) is 0 Å². The average molecular weight is 427 g/mol. The van der Waals surface area contributed by atoms with Crippen LogP contribution in [-0.2, 0) is 4.74 Å². The van der Waals surface area contributed by atoms with Gasteiger partial charge in [-0.15, -0.1) is 0 Å². The molecule has 30 heavy (non-hydrogen) atoms. The highest BCUT2D eigenvalue weighted by molar-refractivity contribution is 6.30. The molecule has 0 bridgehead atoms. The largest absolute Gasteiger partial charge is 0.479 e. The van der Waals surface area contributed by atoms with Crippen LogP contribution >= 0.6 is 11.6 Å². The van der Waals surface area contributed by atoms with Crippen molar-refractivity contribution in [3.63, 3.8) is 0 Å². The first-order valence-electron chi connectivity index (χ1n) is 9.28. The van der Waals surface area contributed by atoms with Crippen molar-refractivity contribution in [1.29, 1.82) is 0 Å². The molecule has 4 rings (SSSR count). The van der Waals surface area contributed by atoms with Crippen molar-refractivity contribution in [1.82, 2.24) is 29.5 Å². The predicted molar refractivity (Wildman–Crippen MR) is 110 cm³/mol. The molecule has 0 N–H and O–H groups in total. The van der Waals surface area contributed by atoms with Gasteiger partial charge in [-0.25, -0.2) is 14.5 Å². The van der Waals surface area contributed by atoms with Gasteiger partial charge in [0.25, 0.3) is 5.95 Å². The number of fused-ring (bicyclic) bond motifs is 1. The first-order chi connectivity index (χ1) is 14.5. The SMILES string of the molecule is CCOC(=O)c1cnn(-c2nc(OC)c3c(cnn3[C@@H](C)c3ccc(Cl)cc3)n2)c1. The summed E-state index contributed by atoms with van der Waals surface area (Å²) in [4.78, 5) is 20.9. The number of halogens is 1. The van der Waals surface area contributed by atoms with Gasteiger partial charge in [-0.05, 0) is 31.5 Å². The van der Waals surface area contributed by atoms with Crippen molar-refractivity contribution in [2.45, 2.75) is 19.9 Å². The Morgan fingerprint density at radius 3 is 2.63 bits per heavy atom. The van der Waals surface area contributed by atoms with Gasteiger partial charge in [-0.1, -0.05) is 23.7 Å². The van der Waals surface area contributed by atoms with E-state index in [-0.39, 0.29) is 18.6 Å². The number of aromatic nitrogens is 6. The van der Waals surface area contributed by atoms with Gasteiger partial charge in [0, 0.05) is 11.2 Å². The summed E-state index contributed by atoms with van der Waals surface area (Å²) in [5.74, 6) is 0.150. The third kappa shape index (κ3) is 3.59. The Morgan fingerprint density at radius 2 is 1.93 bits per heavy atom. The molecular formula is C20H19ClN6O3. The van der Waals surface area contributed by atoms with Crippen LogP contribution in [0.5, 0.6) is 5.88 Å². The number of benzene rings is 1.